The minimum absolute atomic E-state index is 0.0148. The second-order valence-electron chi connectivity index (χ2n) is 6.87. The summed E-state index contributed by atoms with van der Waals surface area (Å²) in [6.07, 6.45) is 8.44. The Hall–Kier alpha value is -1.81. The molecule has 2 aromatic rings. The van der Waals surface area contributed by atoms with Crippen LogP contribution >= 0.6 is 0 Å². The van der Waals surface area contributed by atoms with Crippen molar-refractivity contribution in [1.29, 1.82) is 0 Å². The molecule has 1 saturated carbocycles. The Kier molecular flexibility index (Phi) is 4.71. The van der Waals surface area contributed by atoms with E-state index in [9.17, 15) is 9.90 Å². The number of hydrogen-bond donors (Lipinski definition) is 2. The van der Waals surface area contributed by atoms with Gasteiger partial charge in [-0.3, -0.25) is 4.79 Å². The summed E-state index contributed by atoms with van der Waals surface area (Å²) in [6, 6.07) is 8.12. The maximum Gasteiger partial charge on any atom is 0.224 e. The number of para-hydroxylation sites is 1. The van der Waals surface area contributed by atoms with Gasteiger partial charge in [0.25, 0.3) is 0 Å². The van der Waals surface area contributed by atoms with E-state index in [4.69, 9.17) is 0 Å². The van der Waals surface area contributed by atoms with E-state index in [1.165, 1.54) is 12.8 Å². The fourth-order valence-electron chi connectivity index (χ4n) is 3.63. The van der Waals surface area contributed by atoms with Crippen molar-refractivity contribution in [2.75, 3.05) is 6.54 Å². The lowest BCUT2D eigenvalue weighted by Gasteiger charge is -2.26. The van der Waals surface area contributed by atoms with Gasteiger partial charge in [-0.15, -0.1) is 0 Å². The molecule has 4 nitrogen and oxygen atoms in total. The maximum absolute atomic E-state index is 12.3. The summed E-state index contributed by atoms with van der Waals surface area (Å²) in [7, 11) is 2.00. The van der Waals surface area contributed by atoms with Gasteiger partial charge < -0.3 is 15.0 Å². The van der Waals surface area contributed by atoms with Crippen molar-refractivity contribution >= 4 is 16.8 Å². The first-order valence-corrected chi connectivity index (χ1v) is 8.59. The molecule has 1 amide bonds. The zero-order chi connectivity index (χ0) is 16.3. The molecule has 0 radical (unpaired) electrons. The molecule has 0 saturated heterocycles. The van der Waals surface area contributed by atoms with Crippen molar-refractivity contribution in [2.24, 2.45) is 7.05 Å². The Balaban J connectivity index is 1.62. The van der Waals surface area contributed by atoms with Crippen LogP contribution in [0.5, 0.6) is 0 Å². The molecular formula is C19H26N2O2. The number of nitrogens with one attached hydrogen (secondary N) is 1. The van der Waals surface area contributed by atoms with Crippen LogP contribution in [0.3, 0.4) is 0 Å². The average Bonchev–Trinajstić information content (AvgIpc) is 2.72. The fourth-order valence-corrected chi connectivity index (χ4v) is 3.63. The monoisotopic (exact) mass is 314 g/mol. The summed E-state index contributed by atoms with van der Waals surface area (Å²) in [5.74, 6) is -0.0148. The molecule has 1 aliphatic carbocycles. The fraction of sp³-hybridized carbons (Fsp3) is 0.526. The van der Waals surface area contributed by atoms with E-state index in [0.29, 0.717) is 13.0 Å². The largest absolute Gasteiger partial charge is 0.388 e. The predicted octanol–water partition coefficient (Wildman–Crippen LogP) is 2.92. The Morgan fingerprint density at radius 2 is 1.91 bits per heavy atom. The quantitative estimate of drug-likeness (QED) is 0.853. The van der Waals surface area contributed by atoms with E-state index in [1.54, 1.807) is 0 Å². The van der Waals surface area contributed by atoms with Crippen LogP contribution in [0.2, 0.25) is 0 Å². The number of carbonyl (C=O) groups excluding carboxylic acids is 1. The molecule has 4 heteroatoms. The van der Waals surface area contributed by atoms with Crippen LogP contribution in [-0.4, -0.2) is 27.7 Å². The third-order valence-electron chi connectivity index (χ3n) is 4.98. The van der Waals surface area contributed by atoms with Crippen LogP contribution in [0.4, 0.5) is 0 Å². The molecule has 0 unspecified atom stereocenters. The topological polar surface area (TPSA) is 54.3 Å². The molecule has 23 heavy (non-hydrogen) atoms. The van der Waals surface area contributed by atoms with Gasteiger partial charge in [-0.1, -0.05) is 43.9 Å². The van der Waals surface area contributed by atoms with Crippen LogP contribution in [0.15, 0.2) is 30.5 Å². The zero-order valence-corrected chi connectivity index (χ0v) is 13.8. The molecule has 1 heterocycles. The number of benzene rings is 1. The summed E-state index contributed by atoms with van der Waals surface area (Å²) in [5, 5.41) is 14.7. The van der Waals surface area contributed by atoms with Gasteiger partial charge in [-0.2, -0.15) is 0 Å². The summed E-state index contributed by atoms with van der Waals surface area (Å²) in [6.45, 7) is 0.372. The van der Waals surface area contributed by atoms with Crippen LogP contribution in [0, 0.1) is 0 Å². The Bertz CT molecular complexity index is 682. The van der Waals surface area contributed by atoms with E-state index in [2.05, 4.69) is 22.0 Å². The van der Waals surface area contributed by atoms with Crippen molar-refractivity contribution in [1.82, 2.24) is 9.88 Å². The molecule has 1 fully saturated rings. The zero-order valence-electron chi connectivity index (χ0n) is 13.8. The van der Waals surface area contributed by atoms with E-state index < -0.39 is 5.60 Å². The van der Waals surface area contributed by atoms with E-state index >= 15 is 0 Å². The van der Waals surface area contributed by atoms with Gasteiger partial charge in [0.05, 0.1) is 12.0 Å². The van der Waals surface area contributed by atoms with Crippen LogP contribution in [0.1, 0.15) is 44.1 Å². The minimum Gasteiger partial charge on any atom is -0.388 e. The number of aromatic nitrogens is 1. The molecule has 0 aliphatic heterocycles. The molecular weight excluding hydrogens is 288 g/mol. The molecule has 2 N–H and O–H groups in total. The highest BCUT2D eigenvalue weighted by Gasteiger charge is 2.28. The smallest absolute Gasteiger partial charge is 0.224 e. The van der Waals surface area contributed by atoms with Gasteiger partial charge in [0, 0.05) is 30.7 Å². The van der Waals surface area contributed by atoms with Crippen LogP contribution in [-0.2, 0) is 18.3 Å². The number of hydrogen-bond acceptors (Lipinski definition) is 2. The van der Waals surface area contributed by atoms with E-state index in [0.717, 1.165) is 42.1 Å². The number of rotatable bonds is 4. The molecule has 0 atom stereocenters. The van der Waals surface area contributed by atoms with Crippen molar-refractivity contribution in [2.45, 2.75) is 50.5 Å². The van der Waals surface area contributed by atoms with Crippen molar-refractivity contribution in [3.8, 4) is 0 Å². The first-order chi connectivity index (χ1) is 11.1. The van der Waals surface area contributed by atoms with Crippen molar-refractivity contribution in [3.63, 3.8) is 0 Å². The Morgan fingerprint density at radius 3 is 2.65 bits per heavy atom. The first kappa shape index (κ1) is 16.1. The number of amides is 1. The van der Waals surface area contributed by atoms with Gasteiger partial charge in [0.1, 0.15) is 0 Å². The Labute approximate surface area is 137 Å². The van der Waals surface area contributed by atoms with Gasteiger partial charge in [0.2, 0.25) is 5.91 Å². The number of nitrogens with zero attached hydrogens (tertiary/aromatic N) is 1. The van der Waals surface area contributed by atoms with Crippen molar-refractivity contribution < 1.29 is 9.90 Å². The van der Waals surface area contributed by atoms with E-state index in [-0.39, 0.29) is 5.91 Å². The molecule has 1 aliphatic rings. The van der Waals surface area contributed by atoms with E-state index in [1.807, 2.05) is 25.4 Å². The van der Waals surface area contributed by atoms with Crippen LogP contribution < -0.4 is 5.32 Å². The standard InChI is InChI=1S/C19H26N2O2/c1-21-13-15(16-8-4-5-9-17(16)21)12-18(22)20-14-19(23)10-6-2-3-7-11-19/h4-5,8-9,13,23H,2-3,6-7,10-12,14H2,1H3,(H,20,22). The molecule has 1 aromatic carbocycles. The van der Waals surface area contributed by atoms with Crippen molar-refractivity contribution in [3.05, 3.63) is 36.0 Å². The summed E-state index contributed by atoms with van der Waals surface area (Å²) < 4.78 is 2.05. The average molecular weight is 314 g/mol. The minimum atomic E-state index is -0.717. The van der Waals surface area contributed by atoms with Crippen LogP contribution in [0.25, 0.3) is 10.9 Å². The summed E-state index contributed by atoms with van der Waals surface area (Å²) in [5.41, 5.74) is 1.46. The lowest BCUT2D eigenvalue weighted by atomic mass is 9.94. The SMILES string of the molecule is Cn1cc(CC(=O)NCC2(O)CCCCCC2)c2ccccc21. The predicted molar refractivity (Wildman–Crippen MR) is 92.3 cm³/mol. The number of aliphatic hydroxyl groups is 1. The van der Waals surface area contributed by atoms with Gasteiger partial charge in [0.15, 0.2) is 0 Å². The highest BCUT2D eigenvalue weighted by atomic mass is 16.3. The highest BCUT2D eigenvalue weighted by Crippen LogP contribution is 2.26. The second-order valence-corrected chi connectivity index (χ2v) is 6.87. The molecule has 0 bridgehead atoms. The third-order valence-corrected chi connectivity index (χ3v) is 4.98. The van der Waals surface area contributed by atoms with Gasteiger partial charge in [-0.05, 0) is 24.5 Å². The second kappa shape index (κ2) is 6.75. The third kappa shape index (κ3) is 3.75. The summed E-state index contributed by atoms with van der Waals surface area (Å²) in [4.78, 5) is 12.3. The number of aryl methyl sites for hydroxylation is 1. The molecule has 0 spiro atoms. The molecule has 3 rings (SSSR count). The molecule has 1 aromatic heterocycles. The normalized spacial score (nSPS) is 17.8. The van der Waals surface area contributed by atoms with Gasteiger partial charge in [-0.25, -0.2) is 0 Å². The summed E-state index contributed by atoms with van der Waals surface area (Å²) >= 11 is 0. The van der Waals surface area contributed by atoms with Gasteiger partial charge >= 0.3 is 0 Å². The Morgan fingerprint density at radius 1 is 1.22 bits per heavy atom. The first-order valence-electron chi connectivity index (χ1n) is 8.59. The number of carbonyl (C=O) groups is 1. The lowest BCUT2D eigenvalue weighted by Crippen LogP contribution is -2.43. The maximum atomic E-state index is 12.3. The number of fused-ring (bicyclic) bond motifs is 1. The highest BCUT2D eigenvalue weighted by molar-refractivity contribution is 5.89. The molecule has 124 valence electrons. The lowest BCUT2D eigenvalue weighted by molar-refractivity contribution is -0.121.